The largest absolute Gasteiger partial charge is 0.396 e. The number of hydrogen-bond donors (Lipinski definition) is 2. The second-order valence-corrected chi connectivity index (χ2v) is 4.06. The first-order valence-corrected chi connectivity index (χ1v) is 4.87. The van der Waals surface area contributed by atoms with Crippen molar-refractivity contribution in [2.24, 2.45) is 5.41 Å². The lowest BCUT2D eigenvalue weighted by atomic mass is 10.1. The number of aliphatic hydroxyl groups excluding tert-OH is 1. The third-order valence-corrected chi connectivity index (χ3v) is 2.74. The Kier molecular flexibility index (Phi) is 2.37. The fourth-order valence-corrected chi connectivity index (χ4v) is 1.40. The molecule has 1 saturated carbocycles. The molecule has 14 heavy (non-hydrogen) atoms. The maximum Gasteiger partial charge on any atom is 0.129 e. The standard InChI is InChI=1S/C10H15N3O/c1-8-4-9(13-7-12-8)11-5-10(6-14)2-3-10/h4,7,14H,2-3,5-6H2,1H3,(H,11,12,13). The number of aryl methyl sites for hydroxylation is 1. The van der Waals surface area contributed by atoms with Crippen molar-refractivity contribution >= 4 is 5.82 Å². The topological polar surface area (TPSA) is 58.0 Å². The molecule has 1 aromatic heterocycles. The van der Waals surface area contributed by atoms with Gasteiger partial charge in [-0.1, -0.05) is 0 Å². The van der Waals surface area contributed by atoms with Gasteiger partial charge in [-0.2, -0.15) is 0 Å². The molecule has 1 aliphatic rings. The third kappa shape index (κ3) is 2.01. The lowest BCUT2D eigenvalue weighted by Gasteiger charge is -2.12. The molecule has 4 heteroatoms. The molecule has 0 amide bonds. The van der Waals surface area contributed by atoms with E-state index >= 15 is 0 Å². The minimum atomic E-state index is 0.124. The SMILES string of the molecule is Cc1cc(NCC2(CO)CC2)ncn1. The first-order chi connectivity index (χ1) is 6.74. The van der Waals surface area contributed by atoms with Gasteiger partial charge >= 0.3 is 0 Å². The molecule has 2 rings (SSSR count). The first kappa shape index (κ1) is 9.40. The Hall–Kier alpha value is -1.16. The van der Waals surface area contributed by atoms with Crippen LogP contribution in [-0.2, 0) is 0 Å². The van der Waals surface area contributed by atoms with Gasteiger partial charge in [0, 0.05) is 23.7 Å². The zero-order chi connectivity index (χ0) is 10.0. The van der Waals surface area contributed by atoms with E-state index in [2.05, 4.69) is 15.3 Å². The molecule has 1 aromatic rings. The molecule has 0 radical (unpaired) electrons. The summed E-state index contributed by atoms with van der Waals surface area (Å²) in [5.74, 6) is 0.845. The van der Waals surface area contributed by atoms with Crippen LogP contribution >= 0.6 is 0 Å². The Morgan fingerprint density at radius 1 is 1.50 bits per heavy atom. The summed E-state index contributed by atoms with van der Waals surface area (Å²) < 4.78 is 0. The van der Waals surface area contributed by atoms with Gasteiger partial charge in [0.15, 0.2) is 0 Å². The molecule has 1 heterocycles. The van der Waals surface area contributed by atoms with Crippen molar-refractivity contribution in [1.29, 1.82) is 0 Å². The summed E-state index contributed by atoms with van der Waals surface area (Å²) in [7, 11) is 0. The van der Waals surface area contributed by atoms with Crippen LogP contribution in [0.5, 0.6) is 0 Å². The molecule has 0 saturated heterocycles. The highest BCUT2D eigenvalue weighted by molar-refractivity contribution is 5.35. The summed E-state index contributed by atoms with van der Waals surface area (Å²) in [5, 5.41) is 12.3. The van der Waals surface area contributed by atoms with Crippen LogP contribution in [0.1, 0.15) is 18.5 Å². The Balaban J connectivity index is 1.92. The monoisotopic (exact) mass is 193 g/mol. The van der Waals surface area contributed by atoms with Gasteiger partial charge in [-0.3, -0.25) is 0 Å². The van der Waals surface area contributed by atoms with Crippen molar-refractivity contribution in [1.82, 2.24) is 9.97 Å². The van der Waals surface area contributed by atoms with Crippen LogP contribution in [0.15, 0.2) is 12.4 Å². The second kappa shape index (κ2) is 3.53. The zero-order valence-corrected chi connectivity index (χ0v) is 8.32. The molecule has 1 fully saturated rings. The van der Waals surface area contributed by atoms with Crippen molar-refractivity contribution in [3.05, 3.63) is 18.1 Å². The number of aromatic nitrogens is 2. The molecule has 1 aliphatic carbocycles. The normalized spacial score (nSPS) is 17.9. The van der Waals surface area contributed by atoms with Gasteiger partial charge in [0.25, 0.3) is 0 Å². The predicted octanol–water partition coefficient (Wildman–Crippen LogP) is 0.969. The summed E-state index contributed by atoms with van der Waals surface area (Å²) in [5.41, 5.74) is 1.08. The Bertz CT molecular complexity index is 323. The predicted molar refractivity (Wildman–Crippen MR) is 54.0 cm³/mol. The molecule has 2 N–H and O–H groups in total. The highest BCUT2D eigenvalue weighted by Gasteiger charge is 2.41. The van der Waals surface area contributed by atoms with E-state index in [0.717, 1.165) is 30.9 Å². The quantitative estimate of drug-likeness (QED) is 0.748. The number of hydrogen-bond acceptors (Lipinski definition) is 4. The highest BCUT2D eigenvalue weighted by Crippen LogP contribution is 2.44. The van der Waals surface area contributed by atoms with E-state index in [1.807, 2.05) is 13.0 Å². The van der Waals surface area contributed by atoms with E-state index in [1.165, 1.54) is 0 Å². The molecule has 0 bridgehead atoms. The number of nitrogens with one attached hydrogen (secondary N) is 1. The van der Waals surface area contributed by atoms with Gasteiger partial charge in [0.05, 0.1) is 6.61 Å². The van der Waals surface area contributed by atoms with E-state index in [4.69, 9.17) is 5.11 Å². The highest BCUT2D eigenvalue weighted by atomic mass is 16.3. The summed E-state index contributed by atoms with van der Waals surface area (Å²) >= 11 is 0. The Morgan fingerprint density at radius 3 is 2.86 bits per heavy atom. The average molecular weight is 193 g/mol. The number of aliphatic hydroxyl groups is 1. The van der Waals surface area contributed by atoms with Crippen molar-refractivity contribution in [2.45, 2.75) is 19.8 Å². The summed E-state index contributed by atoms with van der Waals surface area (Å²) in [6.07, 6.45) is 3.78. The summed E-state index contributed by atoms with van der Waals surface area (Å²) in [6, 6.07) is 1.91. The van der Waals surface area contributed by atoms with Gasteiger partial charge in [0.2, 0.25) is 0 Å². The molecular weight excluding hydrogens is 178 g/mol. The molecule has 4 nitrogen and oxygen atoms in total. The smallest absolute Gasteiger partial charge is 0.129 e. The zero-order valence-electron chi connectivity index (χ0n) is 8.32. The minimum Gasteiger partial charge on any atom is -0.396 e. The minimum absolute atomic E-state index is 0.124. The van der Waals surface area contributed by atoms with Gasteiger partial charge in [-0.25, -0.2) is 9.97 Å². The van der Waals surface area contributed by atoms with Crippen LogP contribution in [-0.4, -0.2) is 28.2 Å². The lowest BCUT2D eigenvalue weighted by molar-refractivity contribution is 0.219. The molecule has 0 unspecified atom stereocenters. The fourth-order valence-electron chi connectivity index (χ4n) is 1.40. The molecular formula is C10H15N3O. The number of rotatable bonds is 4. The molecule has 0 atom stereocenters. The van der Waals surface area contributed by atoms with Crippen LogP contribution in [0.4, 0.5) is 5.82 Å². The van der Waals surface area contributed by atoms with Crippen LogP contribution in [0.25, 0.3) is 0 Å². The lowest BCUT2D eigenvalue weighted by Crippen LogP contribution is -2.19. The summed E-state index contributed by atoms with van der Waals surface area (Å²) in [4.78, 5) is 8.12. The average Bonchev–Trinajstić information content (AvgIpc) is 2.96. The molecule has 0 spiro atoms. The summed E-state index contributed by atoms with van der Waals surface area (Å²) in [6.45, 7) is 3.01. The van der Waals surface area contributed by atoms with E-state index in [1.54, 1.807) is 6.33 Å². The van der Waals surface area contributed by atoms with Crippen molar-refractivity contribution < 1.29 is 5.11 Å². The second-order valence-electron chi connectivity index (χ2n) is 4.06. The van der Waals surface area contributed by atoms with Gasteiger partial charge < -0.3 is 10.4 Å². The van der Waals surface area contributed by atoms with Crippen LogP contribution < -0.4 is 5.32 Å². The van der Waals surface area contributed by atoms with Crippen molar-refractivity contribution in [3.63, 3.8) is 0 Å². The molecule has 76 valence electrons. The van der Waals surface area contributed by atoms with Crippen LogP contribution in [0.3, 0.4) is 0 Å². The van der Waals surface area contributed by atoms with Gasteiger partial charge in [-0.15, -0.1) is 0 Å². The molecule has 0 aromatic carbocycles. The van der Waals surface area contributed by atoms with E-state index < -0.39 is 0 Å². The Labute approximate surface area is 83.4 Å². The maximum atomic E-state index is 9.12. The van der Waals surface area contributed by atoms with Crippen LogP contribution in [0, 0.1) is 12.3 Å². The van der Waals surface area contributed by atoms with E-state index in [9.17, 15) is 0 Å². The Morgan fingerprint density at radius 2 is 2.29 bits per heavy atom. The van der Waals surface area contributed by atoms with E-state index in [-0.39, 0.29) is 12.0 Å². The maximum absolute atomic E-state index is 9.12. The third-order valence-electron chi connectivity index (χ3n) is 2.74. The number of nitrogens with zero attached hydrogens (tertiary/aromatic N) is 2. The molecule has 0 aliphatic heterocycles. The van der Waals surface area contributed by atoms with Crippen LogP contribution in [0.2, 0.25) is 0 Å². The number of anilines is 1. The fraction of sp³-hybridized carbons (Fsp3) is 0.600. The first-order valence-electron chi connectivity index (χ1n) is 4.87. The van der Waals surface area contributed by atoms with Crippen molar-refractivity contribution in [3.8, 4) is 0 Å². The van der Waals surface area contributed by atoms with E-state index in [0.29, 0.717) is 0 Å². The van der Waals surface area contributed by atoms with Gasteiger partial charge in [-0.05, 0) is 19.8 Å². The van der Waals surface area contributed by atoms with Gasteiger partial charge in [0.1, 0.15) is 12.1 Å². The van der Waals surface area contributed by atoms with Crippen molar-refractivity contribution in [2.75, 3.05) is 18.5 Å².